The van der Waals surface area contributed by atoms with Crippen LogP contribution in [0.3, 0.4) is 0 Å². The van der Waals surface area contributed by atoms with E-state index >= 15 is 0 Å². The lowest BCUT2D eigenvalue weighted by Crippen LogP contribution is -2.47. The monoisotopic (exact) mass is 208 g/mol. The maximum absolute atomic E-state index is 12.4. The van der Waals surface area contributed by atoms with Crippen molar-refractivity contribution >= 4 is 5.91 Å². The summed E-state index contributed by atoms with van der Waals surface area (Å²) in [6.45, 7) is 2.17. The van der Waals surface area contributed by atoms with Gasteiger partial charge in [0.1, 0.15) is 0 Å². The van der Waals surface area contributed by atoms with Gasteiger partial charge in [0.25, 0.3) is 0 Å². The predicted molar refractivity (Wildman–Crippen MR) is 60.3 cm³/mol. The lowest BCUT2D eigenvalue weighted by Gasteiger charge is -2.34. The van der Waals surface area contributed by atoms with E-state index in [4.69, 9.17) is 5.73 Å². The Morgan fingerprint density at radius 1 is 1.33 bits per heavy atom. The van der Waals surface area contributed by atoms with E-state index in [9.17, 15) is 4.79 Å². The lowest BCUT2D eigenvalue weighted by molar-refractivity contribution is -0.141. The van der Waals surface area contributed by atoms with Crippen LogP contribution >= 0.6 is 0 Å². The second-order valence-electron chi connectivity index (χ2n) is 4.70. The van der Waals surface area contributed by atoms with Crippen molar-refractivity contribution in [2.75, 3.05) is 19.6 Å². The fourth-order valence-corrected chi connectivity index (χ4v) is 2.72. The number of carbonyl (C=O) groups excluding carboxylic acids is 1. The van der Waals surface area contributed by atoms with Crippen LogP contribution in [0.25, 0.3) is 0 Å². The molecule has 0 unspecified atom stereocenters. The van der Waals surface area contributed by atoms with Crippen molar-refractivity contribution in [2.24, 2.45) is 11.1 Å². The Kier molecular flexibility index (Phi) is 3.10. The Hall–Kier alpha value is -0.830. The first kappa shape index (κ1) is 10.7. The third-order valence-corrected chi connectivity index (χ3v) is 3.75. The van der Waals surface area contributed by atoms with Gasteiger partial charge in [-0.25, -0.2) is 0 Å². The van der Waals surface area contributed by atoms with Crippen LogP contribution < -0.4 is 5.73 Å². The van der Waals surface area contributed by atoms with Crippen LogP contribution in [-0.4, -0.2) is 30.4 Å². The van der Waals surface area contributed by atoms with Gasteiger partial charge >= 0.3 is 0 Å². The highest BCUT2D eigenvalue weighted by Crippen LogP contribution is 2.39. The van der Waals surface area contributed by atoms with Crippen LogP contribution in [0.1, 0.15) is 32.1 Å². The van der Waals surface area contributed by atoms with Crippen molar-refractivity contribution in [2.45, 2.75) is 32.1 Å². The third kappa shape index (κ3) is 1.93. The zero-order valence-corrected chi connectivity index (χ0v) is 9.24. The van der Waals surface area contributed by atoms with Gasteiger partial charge in [0.2, 0.25) is 5.91 Å². The van der Waals surface area contributed by atoms with Gasteiger partial charge in [-0.05, 0) is 19.3 Å². The summed E-state index contributed by atoms with van der Waals surface area (Å²) in [5.41, 5.74) is 5.59. The first-order chi connectivity index (χ1) is 7.28. The molecule has 1 amide bonds. The van der Waals surface area contributed by atoms with Gasteiger partial charge in [-0.1, -0.05) is 25.0 Å². The number of carbonyl (C=O) groups is 1. The van der Waals surface area contributed by atoms with Crippen molar-refractivity contribution in [1.82, 2.24) is 4.90 Å². The standard InChI is InChI=1S/C12H20N2O/c13-10-12(6-2-3-7-12)11(15)14-8-4-1-5-9-14/h1,4H,2-3,5-10,13H2. The molecule has 0 saturated heterocycles. The zero-order chi connectivity index (χ0) is 10.7. The fourth-order valence-electron chi connectivity index (χ4n) is 2.72. The van der Waals surface area contributed by atoms with Crippen LogP contribution in [0.4, 0.5) is 0 Å². The van der Waals surface area contributed by atoms with Gasteiger partial charge in [0.05, 0.1) is 5.41 Å². The number of nitrogens with two attached hydrogens (primary N) is 1. The largest absolute Gasteiger partial charge is 0.338 e. The van der Waals surface area contributed by atoms with Crippen LogP contribution in [0.2, 0.25) is 0 Å². The summed E-state index contributed by atoms with van der Waals surface area (Å²) in [6.07, 6.45) is 9.52. The SMILES string of the molecule is NCC1(C(=O)N2CC=CCC2)CCCC1. The molecule has 15 heavy (non-hydrogen) atoms. The van der Waals surface area contributed by atoms with E-state index in [2.05, 4.69) is 12.2 Å². The van der Waals surface area contributed by atoms with E-state index in [0.29, 0.717) is 12.5 Å². The minimum absolute atomic E-state index is 0.217. The Balaban J connectivity index is 2.07. The molecule has 3 heteroatoms. The average Bonchev–Trinajstić information content (AvgIpc) is 2.79. The van der Waals surface area contributed by atoms with E-state index in [0.717, 1.165) is 45.2 Å². The van der Waals surface area contributed by atoms with E-state index in [-0.39, 0.29) is 5.41 Å². The first-order valence-electron chi connectivity index (χ1n) is 5.93. The van der Waals surface area contributed by atoms with E-state index in [1.54, 1.807) is 0 Å². The second-order valence-corrected chi connectivity index (χ2v) is 4.70. The summed E-state index contributed by atoms with van der Waals surface area (Å²) in [4.78, 5) is 14.3. The molecule has 0 spiro atoms. The molecular formula is C12H20N2O. The smallest absolute Gasteiger partial charge is 0.230 e. The highest BCUT2D eigenvalue weighted by atomic mass is 16.2. The van der Waals surface area contributed by atoms with Gasteiger partial charge in [0, 0.05) is 19.6 Å². The normalized spacial score (nSPS) is 24.5. The van der Waals surface area contributed by atoms with Crippen molar-refractivity contribution in [1.29, 1.82) is 0 Å². The van der Waals surface area contributed by atoms with Crippen molar-refractivity contribution in [3.63, 3.8) is 0 Å². The minimum Gasteiger partial charge on any atom is -0.338 e. The molecule has 1 saturated carbocycles. The Bertz CT molecular complexity index is 267. The van der Waals surface area contributed by atoms with Crippen molar-refractivity contribution in [3.05, 3.63) is 12.2 Å². The Morgan fingerprint density at radius 3 is 2.60 bits per heavy atom. The highest BCUT2D eigenvalue weighted by Gasteiger charge is 2.42. The second kappa shape index (κ2) is 4.35. The van der Waals surface area contributed by atoms with E-state index < -0.39 is 0 Å². The molecule has 2 N–H and O–H groups in total. The third-order valence-electron chi connectivity index (χ3n) is 3.75. The zero-order valence-electron chi connectivity index (χ0n) is 9.24. The van der Waals surface area contributed by atoms with Gasteiger partial charge in [-0.15, -0.1) is 0 Å². The summed E-state index contributed by atoms with van der Waals surface area (Å²) in [5.74, 6) is 0.298. The van der Waals surface area contributed by atoms with Crippen LogP contribution in [-0.2, 0) is 4.79 Å². The number of hydrogen-bond donors (Lipinski definition) is 1. The van der Waals surface area contributed by atoms with Gasteiger partial charge in [0.15, 0.2) is 0 Å². The molecule has 1 fully saturated rings. The summed E-state index contributed by atoms with van der Waals surface area (Å²) in [6, 6.07) is 0. The topological polar surface area (TPSA) is 46.3 Å². The first-order valence-corrected chi connectivity index (χ1v) is 5.93. The van der Waals surface area contributed by atoms with E-state index in [1.807, 2.05) is 4.90 Å². The summed E-state index contributed by atoms with van der Waals surface area (Å²) in [5, 5.41) is 0. The average molecular weight is 208 g/mol. The molecule has 2 aliphatic rings. The summed E-state index contributed by atoms with van der Waals surface area (Å²) in [7, 11) is 0. The van der Waals surface area contributed by atoms with Gasteiger partial charge in [-0.3, -0.25) is 4.79 Å². The van der Waals surface area contributed by atoms with Gasteiger partial charge in [-0.2, -0.15) is 0 Å². The van der Waals surface area contributed by atoms with E-state index in [1.165, 1.54) is 0 Å². The summed E-state index contributed by atoms with van der Waals surface area (Å²) < 4.78 is 0. The van der Waals surface area contributed by atoms with Crippen molar-refractivity contribution < 1.29 is 4.79 Å². The van der Waals surface area contributed by atoms with Crippen LogP contribution in [0.5, 0.6) is 0 Å². The number of hydrogen-bond acceptors (Lipinski definition) is 2. The molecule has 1 aliphatic heterocycles. The minimum atomic E-state index is -0.217. The molecular weight excluding hydrogens is 188 g/mol. The molecule has 1 heterocycles. The van der Waals surface area contributed by atoms with Crippen molar-refractivity contribution in [3.8, 4) is 0 Å². The number of amides is 1. The van der Waals surface area contributed by atoms with Crippen LogP contribution in [0.15, 0.2) is 12.2 Å². The molecule has 0 aromatic rings. The molecule has 2 rings (SSSR count). The predicted octanol–water partition coefficient (Wildman–Crippen LogP) is 1.29. The van der Waals surface area contributed by atoms with Gasteiger partial charge < -0.3 is 10.6 Å². The summed E-state index contributed by atoms with van der Waals surface area (Å²) >= 11 is 0. The maximum Gasteiger partial charge on any atom is 0.230 e. The Labute approximate surface area is 91.3 Å². The Morgan fingerprint density at radius 2 is 2.07 bits per heavy atom. The quantitative estimate of drug-likeness (QED) is 0.695. The maximum atomic E-state index is 12.4. The molecule has 0 atom stereocenters. The molecule has 84 valence electrons. The molecule has 0 aromatic carbocycles. The lowest BCUT2D eigenvalue weighted by atomic mass is 9.84. The number of nitrogens with zero attached hydrogens (tertiary/aromatic N) is 1. The molecule has 3 nitrogen and oxygen atoms in total. The van der Waals surface area contributed by atoms with Crippen LogP contribution in [0, 0.1) is 5.41 Å². The molecule has 0 radical (unpaired) electrons. The molecule has 0 aromatic heterocycles. The highest BCUT2D eigenvalue weighted by molar-refractivity contribution is 5.83. The molecule has 1 aliphatic carbocycles. The number of rotatable bonds is 2. The fraction of sp³-hybridized carbons (Fsp3) is 0.750. The molecule has 0 bridgehead atoms.